The summed E-state index contributed by atoms with van der Waals surface area (Å²) in [5.74, 6) is 0.646. The van der Waals surface area contributed by atoms with Crippen molar-refractivity contribution >= 4 is 22.6 Å². The molecule has 0 aliphatic carbocycles. The van der Waals surface area contributed by atoms with E-state index in [0.29, 0.717) is 10.8 Å². The number of furan rings is 1. The first kappa shape index (κ1) is 6.74. The molecule has 2 heteroatoms. The molecular weight excluding hydrogens is 160 g/mol. The van der Waals surface area contributed by atoms with Crippen molar-refractivity contribution in [3.8, 4) is 0 Å². The molecule has 11 heavy (non-hydrogen) atoms. The first-order valence-electron chi connectivity index (χ1n) is 3.27. The van der Waals surface area contributed by atoms with Crippen molar-refractivity contribution in [1.29, 1.82) is 0 Å². The predicted octanol–water partition coefficient (Wildman–Crippen LogP) is 3.27. The molecule has 0 unspecified atom stereocenters. The van der Waals surface area contributed by atoms with Crippen LogP contribution in [0.5, 0.6) is 0 Å². The van der Waals surface area contributed by atoms with Gasteiger partial charge < -0.3 is 4.42 Å². The van der Waals surface area contributed by atoms with E-state index >= 15 is 0 Å². The van der Waals surface area contributed by atoms with Crippen LogP contribution >= 0.6 is 11.6 Å². The molecule has 55 valence electrons. The minimum atomic E-state index is 0.636. The Balaban J connectivity index is 2.90. The highest BCUT2D eigenvalue weighted by Gasteiger charge is 2.02. The molecule has 1 heterocycles. The minimum Gasteiger partial charge on any atom is -0.459 e. The van der Waals surface area contributed by atoms with E-state index in [1.165, 1.54) is 0 Å². The monoisotopic (exact) mass is 165 g/mol. The van der Waals surface area contributed by atoms with Gasteiger partial charge in [-0.15, -0.1) is 0 Å². The van der Waals surface area contributed by atoms with Crippen LogP contribution < -0.4 is 0 Å². The molecule has 1 aromatic carbocycles. The van der Waals surface area contributed by atoms with Crippen molar-refractivity contribution in [1.82, 2.24) is 0 Å². The maximum atomic E-state index is 5.85. The molecule has 0 aliphatic heterocycles. The Morgan fingerprint density at radius 3 is 2.91 bits per heavy atom. The van der Waals surface area contributed by atoms with E-state index in [1.54, 1.807) is 6.07 Å². The molecular formula is C9H6ClO. The van der Waals surface area contributed by atoms with Crippen LogP contribution in [0.4, 0.5) is 0 Å². The van der Waals surface area contributed by atoms with E-state index < -0.39 is 0 Å². The largest absolute Gasteiger partial charge is 0.459 e. The van der Waals surface area contributed by atoms with Gasteiger partial charge in [0.15, 0.2) is 5.58 Å². The second-order valence-electron chi connectivity index (χ2n) is 2.37. The number of hydrogen-bond donors (Lipinski definition) is 0. The molecule has 0 saturated heterocycles. The van der Waals surface area contributed by atoms with E-state index in [9.17, 15) is 0 Å². The molecule has 0 atom stereocenters. The Hall–Kier alpha value is -0.950. The van der Waals surface area contributed by atoms with Crippen LogP contribution in [-0.2, 0) is 0 Å². The fourth-order valence-electron chi connectivity index (χ4n) is 1.08. The summed E-state index contributed by atoms with van der Waals surface area (Å²) in [4.78, 5) is 0. The molecule has 0 bridgehead atoms. The SMILES string of the molecule is [CH2]c1cc2cccc(Cl)c2o1. The highest BCUT2D eigenvalue weighted by atomic mass is 35.5. The van der Waals surface area contributed by atoms with Gasteiger partial charge >= 0.3 is 0 Å². The third-order valence-corrected chi connectivity index (χ3v) is 1.84. The van der Waals surface area contributed by atoms with Crippen LogP contribution in [-0.4, -0.2) is 0 Å². The van der Waals surface area contributed by atoms with E-state index in [1.807, 2.05) is 18.2 Å². The lowest BCUT2D eigenvalue weighted by Crippen LogP contribution is -1.63. The Morgan fingerprint density at radius 1 is 1.36 bits per heavy atom. The lowest BCUT2D eigenvalue weighted by Gasteiger charge is -1.88. The predicted molar refractivity (Wildman–Crippen MR) is 45.7 cm³/mol. The first-order valence-corrected chi connectivity index (χ1v) is 3.65. The Bertz CT molecular complexity index is 389. The van der Waals surface area contributed by atoms with Gasteiger partial charge in [-0.25, -0.2) is 0 Å². The number of benzene rings is 1. The van der Waals surface area contributed by atoms with Crippen molar-refractivity contribution in [3.63, 3.8) is 0 Å². The van der Waals surface area contributed by atoms with Crippen molar-refractivity contribution < 1.29 is 4.42 Å². The fourth-order valence-corrected chi connectivity index (χ4v) is 1.30. The zero-order valence-electron chi connectivity index (χ0n) is 5.80. The third-order valence-electron chi connectivity index (χ3n) is 1.55. The van der Waals surface area contributed by atoms with Crippen LogP contribution in [0.3, 0.4) is 0 Å². The summed E-state index contributed by atoms with van der Waals surface area (Å²) in [7, 11) is 0. The molecule has 2 rings (SSSR count). The molecule has 0 N–H and O–H groups in total. The first-order chi connectivity index (χ1) is 5.27. The molecule has 0 amide bonds. The van der Waals surface area contributed by atoms with Crippen LogP contribution in [0.25, 0.3) is 11.0 Å². The summed E-state index contributed by atoms with van der Waals surface area (Å²) < 4.78 is 5.26. The molecule has 1 aromatic heterocycles. The molecule has 1 nitrogen and oxygen atoms in total. The van der Waals surface area contributed by atoms with Gasteiger partial charge in [0.05, 0.1) is 5.02 Å². The van der Waals surface area contributed by atoms with Gasteiger partial charge in [0.2, 0.25) is 0 Å². The highest BCUT2D eigenvalue weighted by Crippen LogP contribution is 2.25. The van der Waals surface area contributed by atoms with Gasteiger partial charge in [0.1, 0.15) is 5.76 Å². The smallest absolute Gasteiger partial charge is 0.152 e. The summed E-state index contributed by atoms with van der Waals surface area (Å²) in [5, 5.41) is 1.64. The van der Waals surface area contributed by atoms with Gasteiger partial charge in [-0.1, -0.05) is 23.7 Å². The van der Waals surface area contributed by atoms with E-state index in [2.05, 4.69) is 6.92 Å². The Morgan fingerprint density at radius 2 is 2.18 bits per heavy atom. The molecule has 1 radical (unpaired) electrons. The summed E-state index contributed by atoms with van der Waals surface area (Å²) in [5.41, 5.74) is 0.721. The number of halogens is 1. The third kappa shape index (κ3) is 1.02. The molecule has 0 aliphatic rings. The average molecular weight is 166 g/mol. The van der Waals surface area contributed by atoms with Crippen LogP contribution in [0, 0.1) is 6.92 Å². The fraction of sp³-hybridized carbons (Fsp3) is 0. The van der Waals surface area contributed by atoms with Crippen LogP contribution in [0.1, 0.15) is 5.76 Å². The maximum absolute atomic E-state index is 5.85. The van der Waals surface area contributed by atoms with E-state index in [0.717, 1.165) is 11.0 Å². The molecule has 0 spiro atoms. The molecule has 2 aromatic rings. The zero-order chi connectivity index (χ0) is 7.84. The quantitative estimate of drug-likeness (QED) is 0.584. The van der Waals surface area contributed by atoms with Gasteiger partial charge in [-0.3, -0.25) is 0 Å². The van der Waals surface area contributed by atoms with Crippen molar-refractivity contribution in [2.24, 2.45) is 0 Å². The summed E-state index contributed by atoms with van der Waals surface area (Å²) in [6.45, 7) is 3.67. The van der Waals surface area contributed by atoms with Crippen LogP contribution in [0.2, 0.25) is 5.02 Å². The van der Waals surface area contributed by atoms with Gasteiger partial charge in [0, 0.05) is 12.3 Å². The number of fused-ring (bicyclic) bond motifs is 1. The van der Waals surface area contributed by atoms with Gasteiger partial charge in [-0.2, -0.15) is 0 Å². The molecule has 0 fully saturated rings. The average Bonchev–Trinajstić information content (AvgIpc) is 2.31. The lowest BCUT2D eigenvalue weighted by molar-refractivity contribution is 0.595. The standard InChI is InChI=1S/C9H6ClO/c1-6-5-7-3-2-4-8(10)9(7)11-6/h2-5H,1H2. The van der Waals surface area contributed by atoms with E-state index in [4.69, 9.17) is 16.0 Å². The number of hydrogen-bond acceptors (Lipinski definition) is 1. The lowest BCUT2D eigenvalue weighted by atomic mass is 10.2. The summed E-state index contributed by atoms with van der Waals surface area (Å²) >= 11 is 5.85. The Kier molecular flexibility index (Phi) is 1.40. The minimum absolute atomic E-state index is 0.636. The number of para-hydroxylation sites is 1. The molecule has 0 saturated carbocycles. The van der Waals surface area contributed by atoms with Crippen molar-refractivity contribution in [2.45, 2.75) is 0 Å². The van der Waals surface area contributed by atoms with E-state index in [-0.39, 0.29) is 0 Å². The van der Waals surface area contributed by atoms with Crippen molar-refractivity contribution in [2.75, 3.05) is 0 Å². The zero-order valence-corrected chi connectivity index (χ0v) is 6.56. The van der Waals surface area contributed by atoms with Gasteiger partial charge in [0.25, 0.3) is 0 Å². The summed E-state index contributed by atoms with van der Waals surface area (Å²) in [6, 6.07) is 7.49. The topological polar surface area (TPSA) is 13.1 Å². The van der Waals surface area contributed by atoms with Gasteiger partial charge in [-0.05, 0) is 12.1 Å². The van der Waals surface area contributed by atoms with Crippen LogP contribution in [0.15, 0.2) is 28.7 Å². The highest BCUT2D eigenvalue weighted by molar-refractivity contribution is 6.34. The second kappa shape index (κ2) is 2.28. The maximum Gasteiger partial charge on any atom is 0.152 e. The second-order valence-corrected chi connectivity index (χ2v) is 2.78. The summed E-state index contributed by atoms with van der Waals surface area (Å²) in [6.07, 6.45) is 0. The Labute approximate surface area is 69.6 Å². The number of rotatable bonds is 0. The normalized spacial score (nSPS) is 10.7. The van der Waals surface area contributed by atoms with Crippen molar-refractivity contribution in [3.05, 3.63) is 42.0 Å².